The predicted molar refractivity (Wildman–Crippen MR) is 99.9 cm³/mol. The normalized spacial score (nSPS) is 10.9. The van der Waals surface area contributed by atoms with Gasteiger partial charge in [0.25, 0.3) is 0 Å². The molecule has 1 heteroatoms. The smallest absolute Gasteiger partial charge is 0.123 e. The van der Waals surface area contributed by atoms with Gasteiger partial charge in [0.15, 0.2) is 0 Å². The van der Waals surface area contributed by atoms with Gasteiger partial charge in [-0.05, 0) is 49.6 Å². The molecule has 0 saturated heterocycles. The van der Waals surface area contributed by atoms with Gasteiger partial charge in [-0.3, -0.25) is 0 Å². The van der Waals surface area contributed by atoms with Crippen LogP contribution in [0.5, 0.6) is 5.75 Å². The van der Waals surface area contributed by atoms with E-state index in [1.165, 1.54) is 33.4 Å². The van der Waals surface area contributed by atoms with Crippen molar-refractivity contribution in [2.45, 2.75) is 26.7 Å². The van der Waals surface area contributed by atoms with E-state index in [4.69, 9.17) is 4.74 Å². The van der Waals surface area contributed by atoms with Gasteiger partial charge in [-0.15, -0.1) is 0 Å². The molecular weight excluding hydrogens is 292 g/mol. The minimum Gasteiger partial charge on any atom is -0.496 e. The highest BCUT2D eigenvalue weighted by Crippen LogP contribution is 2.39. The Balaban J connectivity index is 2.23. The number of aryl methyl sites for hydroxylation is 3. The molecule has 121 valence electrons. The van der Waals surface area contributed by atoms with Crippen LogP contribution in [0.15, 0.2) is 60.7 Å². The van der Waals surface area contributed by atoms with Crippen molar-refractivity contribution in [3.8, 4) is 5.75 Å². The summed E-state index contributed by atoms with van der Waals surface area (Å²) in [4.78, 5) is 0. The average molecular weight is 315 g/mol. The van der Waals surface area contributed by atoms with Gasteiger partial charge in [0.1, 0.15) is 5.75 Å². The lowest BCUT2D eigenvalue weighted by Crippen LogP contribution is -2.07. The van der Waals surface area contributed by atoms with Gasteiger partial charge in [0.2, 0.25) is 0 Å². The minimum atomic E-state index is 0.149. The third-order valence-corrected chi connectivity index (χ3v) is 4.53. The van der Waals surface area contributed by atoms with Gasteiger partial charge in [-0.25, -0.2) is 0 Å². The topological polar surface area (TPSA) is 9.23 Å². The molecule has 0 aliphatic carbocycles. The van der Waals surface area contributed by atoms with Crippen LogP contribution in [-0.4, -0.2) is 7.11 Å². The number of rotatable bonds is 4. The molecular formula is C23H23O. The van der Waals surface area contributed by atoms with Crippen molar-refractivity contribution >= 4 is 0 Å². The summed E-state index contributed by atoms with van der Waals surface area (Å²) in [5.41, 5.74) is 7.50. The molecule has 0 fully saturated rings. The molecule has 0 saturated carbocycles. The van der Waals surface area contributed by atoms with Gasteiger partial charge in [0.05, 0.1) is 7.11 Å². The zero-order valence-corrected chi connectivity index (χ0v) is 14.8. The van der Waals surface area contributed by atoms with E-state index < -0.39 is 0 Å². The lowest BCUT2D eigenvalue weighted by Gasteiger charge is -2.23. The Morgan fingerprint density at radius 1 is 0.750 bits per heavy atom. The Kier molecular flexibility index (Phi) is 4.71. The Bertz CT molecular complexity index is 768. The van der Waals surface area contributed by atoms with Crippen LogP contribution in [0.25, 0.3) is 0 Å². The van der Waals surface area contributed by atoms with Crippen LogP contribution in [0.3, 0.4) is 0 Å². The molecule has 0 aliphatic rings. The van der Waals surface area contributed by atoms with Crippen molar-refractivity contribution in [2.75, 3.05) is 7.11 Å². The summed E-state index contributed by atoms with van der Waals surface area (Å²) >= 11 is 0. The molecule has 0 amide bonds. The van der Waals surface area contributed by atoms with Crippen LogP contribution in [0, 0.1) is 26.8 Å². The first-order valence-corrected chi connectivity index (χ1v) is 8.28. The second-order valence-electron chi connectivity index (χ2n) is 6.37. The van der Waals surface area contributed by atoms with Gasteiger partial charge < -0.3 is 4.74 Å². The van der Waals surface area contributed by atoms with Crippen molar-refractivity contribution in [1.29, 1.82) is 0 Å². The third-order valence-electron chi connectivity index (χ3n) is 4.53. The molecule has 24 heavy (non-hydrogen) atoms. The van der Waals surface area contributed by atoms with Gasteiger partial charge in [-0.1, -0.05) is 65.7 Å². The molecule has 0 bridgehead atoms. The second-order valence-corrected chi connectivity index (χ2v) is 6.37. The number of benzene rings is 3. The fourth-order valence-electron chi connectivity index (χ4n) is 3.17. The van der Waals surface area contributed by atoms with Crippen LogP contribution in [0.2, 0.25) is 0 Å². The van der Waals surface area contributed by atoms with Crippen molar-refractivity contribution in [3.63, 3.8) is 0 Å². The van der Waals surface area contributed by atoms with Crippen molar-refractivity contribution < 1.29 is 4.74 Å². The first-order chi connectivity index (χ1) is 11.6. The highest BCUT2D eigenvalue weighted by Gasteiger charge is 2.22. The third kappa shape index (κ3) is 3.21. The number of ether oxygens (including phenoxy) is 1. The summed E-state index contributed by atoms with van der Waals surface area (Å²) in [5, 5.41) is 0. The van der Waals surface area contributed by atoms with E-state index in [1.807, 2.05) is 12.1 Å². The fourth-order valence-corrected chi connectivity index (χ4v) is 3.17. The van der Waals surface area contributed by atoms with E-state index in [9.17, 15) is 0 Å². The first-order valence-electron chi connectivity index (χ1n) is 8.28. The maximum atomic E-state index is 5.67. The Labute approximate surface area is 144 Å². The standard InChI is InChI=1S/C23H23O/c1-16-8-12-19(13-9-16)23(20-14-10-17(2)11-15-20)22-18(3)6-5-7-21(22)24-4/h6-15,23H,1-4H3. The highest BCUT2D eigenvalue weighted by molar-refractivity contribution is 5.52. The summed E-state index contributed by atoms with van der Waals surface area (Å²) in [6, 6.07) is 24.7. The first kappa shape index (κ1) is 16.3. The molecule has 0 aliphatic heterocycles. The number of methoxy groups -OCH3 is 1. The van der Waals surface area contributed by atoms with E-state index in [2.05, 4.69) is 75.4 Å². The van der Waals surface area contributed by atoms with E-state index in [1.54, 1.807) is 7.11 Å². The number of hydrogen-bond donors (Lipinski definition) is 0. The van der Waals surface area contributed by atoms with Crippen LogP contribution in [0.4, 0.5) is 0 Å². The molecule has 1 radical (unpaired) electrons. The number of hydrogen-bond acceptors (Lipinski definition) is 1. The molecule has 3 aromatic rings. The quantitative estimate of drug-likeness (QED) is 0.569. The van der Waals surface area contributed by atoms with Gasteiger partial charge >= 0.3 is 0 Å². The maximum Gasteiger partial charge on any atom is 0.123 e. The molecule has 0 atom stereocenters. The van der Waals surface area contributed by atoms with Crippen LogP contribution >= 0.6 is 0 Å². The maximum absolute atomic E-state index is 5.67. The van der Waals surface area contributed by atoms with Crippen molar-refractivity contribution in [3.05, 3.63) is 100 Å². The van der Waals surface area contributed by atoms with E-state index >= 15 is 0 Å². The summed E-state index contributed by atoms with van der Waals surface area (Å²) < 4.78 is 5.67. The average Bonchev–Trinajstić information content (AvgIpc) is 2.59. The molecule has 0 unspecified atom stereocenters. The molecule has 0 heterocycles. The van der Waals surface area contributed by atoms with Gasteiger partial charge in [-0.2, -0.15) is 0 Å². The summed E-state index contributed by atoms with van der Waals surface area (Å²) in [6.07, 6.45) is 0. The van der Waals surface area contributed by atoms with Crippen molar-refractivity contribution in [2.24, 2.45) is 0 Å². The van der Waals surface area contributed by atoms with Crippen LogP contribution < -0.4 is 4.74 Å². The predicted octanol–water partition coefficient (Wildman–Crippen LogP) is 5.60. The summed E-state index contributed by atoms with van der Waals surface area (Å²) in [6.45, 7) is 6.37. The molecule has 1 nitrogen and oxygen atoms in total. The SMILES string of the molecule is COc1c[c]cc(C)c1C(c1ccc(C)cc1)c1ccc(C)cc1. The highest BCUT2D eigenvalue weighted by atomic mass is 16.5. The zero-order valence-electron chi connectivity index (χ0n) is 14.8. The zero-order chi connectivity index (χ0) is 17.1. The Morgan fingerprint density at radius 3 is 1.71 bits per heavy atom. The molecule has 0 spiro atoms. The monoisotopic (exact) mass is 315 g/mol. The molecule has 0 aromatic heterocycles. The summed E-state index contributed by atoms with van der Waals surface area (Å²) in [7, 11) is 1.73. The van der Waals surface area contributed by atoms with Crippen molar-refractivity contribution in [1.82, 2.24) is 0 Å². The summed E-state index contributed by atoms with van der Waals surface area (Å²) in [5.74, 6) is 1.04. The Hall–Kier alpha value is -2.54. The Morgan fingerprint density at radius 2 is 1.25 bits per heavy atom. The minimum absolute atomic E-state index is 0.149. The van der Waals surface area contributed by atoms with Crippen LogP contribution in [0.1, 0.15) is 39.3 Å². The molecule has 0 N–H and O–H groups in total. The lowest BCUT2D eigenvalue weighted by molar-refractivity contribution is 0.408. The van der Waals surface area contributed by atoms with Crippen LogP contribution in [-0.2, 0) is 0 Å². The van der Waals surface area contributed by atoms with E-state index in [-0.39, 0.29) is 5.92 Å². The molecule has 3 aromatic carbocycles. The lowest BCUT2D eigenvalue weighted by atomic mass is 9.82. The fraction of sp³-hybridized carbons (Fsp3) is 0.217. The second kappa shape index (κ2) is 6.92. The van der Waals surface area contributed by atoms with E-state index in [0.717, 1.165) is 5.75 Å². The van der Waals surface area contributed by atoms with Gasteiger partial charge in [0, 0.05) is 11.5 Å². The molecule has 3 rings (SSSR count). The van der Waals surface area contributed by atoms with E-state index in [0.29, 0.717) is 0 Å². The largest absolute Gasteiger partial charge is 0.496 e.